The quantitative estimate of drug-likeness (QED) is 0.867. The molecule has 0 bridgehead atoms. The maximum absolute atomic E-state index is 8.90. The highest BCUT2D eigenvalue weighted by atomic mass is 16.4. The third kappa shape index (κ3) is 2.61. The summed E-state index contributed by atoms with van der Waals surface area (Å²) >= 11 is 0. The van der Waals surface area contributed by atoms with Gasteiger partial charge in [-0.2, -0.15) is 5.26 Å². The van der Waals surface area contributed by atoms with E-state index >= 15 is 0 Å². The summed E-state index contributed by atoms with van der Waals surface area (Å²) in [7, 11) is 0. The van der Waals surface area contributed by atoms with E-state index in [1.807, 2.05) is 25.1 Å². The number of nitrogens with zero attached hydrogens (tertiary/aromatic N) is 3. The van der Waals surface area contributed by atoms with Gasteiger partial charge in [-0.05, 0) is 17.7 Å². The molecular formula is C12H12N4O. The molecule has 0 atom stereocenters. The number of anilines is 1. The fraction of sp³-hybridized carbons (Fsp3) is 0.250. The number of hydrogen-bond donors (Lipinski definition) is 1. The van der Waals surface area contributed by atoms with Crippen molar-refractivity contribution in [2.45, 2.75) is 19.9 Å². The van der Waals surface area contributed by atoms with Gasteiger partial charge in [0.25, 0.3) is 0 Å². The van der Waals surface area contributed by atoms with Gasteiger partial charge in [0.2, 0.25) is 11.6 Å². The fourth-order valence-electron chi connectivity index (χ4n) is 1.39. The van der Waals surface area contributed by atoms with Crippen molar-refractivity contribution in [3.8, 4) is 6.07 Å². The molecule has 17 heavy (non-hydrogen) atoms. The monoisotopic (exact) mass is 228 g/mol. The molecule has 0 aliphatic carbocycles. The van der Waals surface area contributed by atoms with Crippen LogP contribution in [0.4, 0.5) is 5.88 Å². The van der Waals surface area contributed by atoms with Gasteiger partial charge in [-0.1, -0.05) is 6.92 Å². The second-order valence-electron chi connectivity index (χ2n) is 3.46. The van der Waals surface area contributed by atoms with Crippen molar-refractivity contribution in [2.75, 3.05) is 5.32 Å². The van der Waals surface area contributed by atoms with Gasteiger partial charge in [0.1, 0.15) is 6.07 Å². The molecule has 1 N–H and O–H groups in total. The van der Waals surface area contributed by atoms with E-state index in [1.165, 1.54) is 0 Å². The topological polar surface area (TPSA) is 74.7 Å². The first-order chi connectivity index (χ1) is 8.33. The molecule has 0 aliphatic rings. The number of aromatic nitrogens is 2. The van der Waals surface area contributed by atoms with Crippen molar-refractivity contribution in [3.05, 3.63) is 41.7 Å². The molecule has 0 aliphatic heterocycles. The molecule has 5 nitrogen and oxygen atoms in total. The Labute approximate surface area is 99.1 Å². The Morgan fingerprint density at radius 2 is 2.18 bits per heavy atom. The van der Waals surface area contributed by atoms with Gasteiger partial charge in [-0.15, -0.1) is 0 Å². The second kappa shape index (κ2) is 5.12. The predicted octanol–water partition coefficient (Wildman–Crippen LogP) is 2.12. The minimum atomic E-state index is 0.302. The van der Waals surface area contributed by atoms with Crippen LogP contribution in [-0.4, -0.2) is 9.97 Å². The third-order valence-corrected chi connectivity index (χ3v) is 2.28. The molecule has 5 heteroatoms. The van der Waals surface area contributed by atoms with Crippen molar-refractivity contribution in [1.82, 2.24) is 9.97 Å². The summed E-state index contributed by atoms with van der Waals surface area (Å²) in [5.74, 6) is 1.000. The molecule has 2 aromatic heterocycles. The average molecular weight is 228 g/mol. The minimum absolute atomic E-state index is 0.302. The number of hydrogen-bond acceptors (Lipinski definition) is 5. The number of rotatable bonds is 4. The summed E-state index contributed by atoms with van der Waals surface area (Å²) < 4.78 is 5.42. The van der Waals surface area contributed by atoms with Gasteiger partial charge in [0.15, 0.2) is 5.89 Å². The SMILES string of the molecule is CCc1nc(C#N)c(NCc2ccncc2)o1. The van der Waals surface area contributed by atoms with Crippen LogP contribution in [0.5, 0.6) is 0 Å². The van der Waals surface area contributed by atoms with Crippen LogP contribution in [0.1, 0.15) is 24.1 Å². The maximum atomic E-state index is 8.90. The lowest BCUT2D eigenvalue weighted by molar-refractivity contribution is 0.512. The Hall–Kier alpha value is -2.35. The van der Waals surface area contributed by atoms with Gasteiger partial charge < -0.3 is 9.73 Å². The lowest BCUT2D eigenvalue weighted by atomic mass is 10.3. The second-order valence-corrected chi connectivity index (χ2v) is 3.46. The van der Waals surface area contributed by atoms with E-state index in [0.29, 0.717) is 30.4 Å². The van der Waals surface area contributed by atoms with E-state index in [0.717, 1.165) is 5.56 Å². The summed E-state index contributed by atoms with van der Waals surface area (Å²) in [6.07, 6.45) is 4.12. The molecule has 0 radical (unpaired) electrons. The van der Waals surface area contributed by atoms with Gasteiger partial charge in [-0.3, -0.25) is 4.98 Å². The van der Waals surface area contributed by atoms with Gasteiger partial charge in [0, 0.05) is 25.4 Å². The number of pyridine rings is 1. The Balaban J connectivity index is 2.09. The van der Waals surface area contributed by atoms with E-state index in [2.05, 4.69) is 15.3 Å². The van der Waals surface area contributed by atoms with Crippen LogP contribution in [0.2, 0.25) is 0 Å². The molecule has 0 saturated carbocycles. The molecule has 0 saturated heterocycles. The fourth-order valence-corrected chi connectivity index (χ4v) is 1.39. The van der Waals surface area contributed by atoms with E-state index in [9.17, 15) is 0 Å². The highest BCUT2D eigenvalue weighted by Gasteiger charge is 2.10. The molecule has 86 valence electrons. The van der Waals surface area contributed by atoms with Crippen LogP contribution < -0.4 is 5.32 Å². The van der Waals surface area contributed by atoms with Gasteiger partial charge >= 0.3 is 0 Å². The first kappa shape index (κ1) is 11.1. The molecule has 0 amide bonds. The van der Waals surface area contributed by atoms with Crippen LogP contribution in [0.3, 0.4) is 0 Å². The van der Waals surface area contributed by atoms with Crippen LogP contribution >= 0.6 is 0 Å². The largest absolute Gasteiger partial charge is 0.424 e. The number of nitriles is 1. The lowest BCUT2D eigenvalue weighted by Gasteiger charge is -2.02. The zero-order valence-corrected chi connectivity index (χ0v) is 9.47. The van der Waals surface area contributed by atoms with Crippen molar-refractivity contribution in [3.63, 3.8) is 0 Å². The first-order valence-electron chi connectivity index (χ1n) is 5.36. The minimum Gasteiger partial charge on any atom is -0.424 e. The molecule has 2 rings (SSSR count). The van der Waals surface area contributed by atoms with Crippen LogP contribution in [0, 0.1) is 11.3 Å². The van der Waals surface area contributed by atoms with E-state index in [-0.39, 0.29) is 0 Å². The predicted molar refractivity (Wildman–Crippen MR) is 62.2 cm³/mol. The van der Waals surface area contributed by atoms with E-state index < -0.39 is 0 Å². The maximum Gasteiger partial charge on any atom is 0.232 e. The molecule has 0 aromatic carbocycles. The number of aryl methyl sites for hydroxylation is 1. The summed E-state index contributed by atoms with van der Waals surface area (Å²) in [4.78, 5) is 7.99. The normalized spacial score (nSPS) is 9.88. The first-order valence-corrected chi connectivity index (χ1v) is 5.36. The zero-order valence-electron chi connectivity index (χ0n) is 9.47. The molecule has 0 unspecified atom stereocenters. The van der Waals surface area contributed by atoms with E-state index in [4.69, 9.17) is 9.68 Å². The van der Waals surface area contributed by atoms with Crippen molar-refractivity contribution >= 4 is 5.88 Å². The van der Waals surface area contributed by atoms with Crippen molar-refractivity contribution in [2.24, 2.45) is 0 Å². The average Bonchev–Trinajstić information content (AvgIpc) is 2.80. The number of oxazole rings is 1. The van der Waals surface area contributed by atoms with Crippen LogP contribution in [0.25, 0.3) is 0 Å². The third-order valence-electron chi connectivity index (χ3n) is 2.28. The molecule has 2 heterocycles. The zero-order chi connectivity index (χ0) is 12.1. The Bertz CT molecular complexity index is 527. The lowest BCUT2D eigenvalue weighted by Crippen LogP contribution is -1.99. The summed E-state index contributed by atoms with van der Waals surface area (Å²) in [5.41, 5.74) is 1.37. The van der Waals surface area contributed by atoms with Gasteiger partial charge in [-0.25, -0.2) is 4.98 Å². The highest BCUT2D eigenvalue weighted by Crippen LogP contribution is 2.17. The smallest absolute Gasteiger partial charge is 0.232 e. The van der Waals surface area contributed by atoms with Crippen LogP contribution in [-0.2, 0) is 13.0 Å². The summed E-state index contributed by atoms with van der Waals surface area (Å²) in [6.45, 7) is 2.51. The Morgan fingerprint density at radius 1 is 1.41 bits per heavy atom. The molecule has 2 aromatic rings. The number of nitrogens with one attached hydrogen (secondary N) is 1. The standard InChI is InChI=1S/C12H12N4O/c1-2-11-16-10(7-13)12(17-11)15-8-9-3-5-14-6-4-9/h3-6,15H,2,8H2,1H3. The van der Waals surface area contributed by atoms with E-state index in [1.54, 1.807) is 12.4 Å². The summed E-state index contributed by atoms with van der Waals surface area (Å²) in [6, 6.07) is 5.80. The Kier molecular flexibility index (Phi) is 3.36. The van der Waals surface area contributed by atoms with Crippen LogP contribution in [0.15, 0.2) is 28.9 Å². The highest BCUT2D eigenvalue weighted by molar-refractivity contribution is 5.45. The summed E-state index contributed by atoms with van der Waals surface area (Å²) in [5, 5.41) is 12.0. The molecule has 0 fully saturated rings. The molecular weight excluding hydrogens is 216 g/mol. The van der Waals surface area contributed by atoms with Gasteiger partial charge in [0.05, 0.1) is 0 Å². The van der Waals surface area contributed by atoms with Crippen molar-refractivity contribution in [1.29, 1.82) is 5.26 Å². The van der Waals surface area contributed by atoms with Crippen molar-refractivity contribution < 1.29 is 4.42 Å². The Morgan fingerprint density at radius 3 is 2.82 bits per heavy atom. The molecule has 0 spiro atoms.